The quantitative estimate of drug-likeness (QED) is 0.640. The summed E-state index contributed by atoms with van der Waals surface area (Å²) in [6.07, 6.45) is 12.8. The van der Waals surface area contributed by atoms with Crippen LogP contribution in [0.25, 0.3) is 0 Å². The van der Waals surface area contributed by atoms with Crippen molar-refractivity contribution in [1.82, 2.24) is 5.32 Å². The molecule has 1 saturated carbocycles. The van der Waals surface area contributed by atoms with Crippen LogP contribution in [0.15, 0.2) is 0 Å². The zero-order valence-corrected chi connectivity index (χ0v) is 8.68. The highest BCUT2D eigenvalue weighted by atomic mass is 14.9. The maximum Gasteiger partial charge on any atom is 0.00956 e. The first kappa shape index (κ1) is 10.6. The fourth-order valence-electron chi connectivity index (χ4n) is 2.25. The highest BCUT2D eigenvalue weighted by Gasteiger charge is 2.25. The van der Waals surface area contributed by atoms with E-state index in [0.717, 1.165) is 24.9 Å². The van der Waals surface area contributed by atoms with E-state index in [9.17, 15) is 0 Å². The molecule has 0 aromatic heterocycles. The minimum absolute atomic E-state index is 0.758. The predicted octanol–water partition coefficient (Wildman–Crippen LogP) is 2.57. The summed E-state index contributed by atoms with van der Waals surface area (Å²) in [5.41, 5.74) is 0. The summed E-state index contributed by atoms with van der Waals surface area (Å²) >= 11 is 0. The van der Waals surface area contributed by atoms with Gasteiger partial charge in [0, 0.05) is 12.5 Å². The third-order valence-electron chi connectivity index (χ3n) is 2.98. The van der Waals surface area contributed by atoms with Crippen molar-refractivity contribution in [2.45, 2.75) is 51.5 Å². The molecule has 1 heteroatoms. The van der Waals surface area contributed by atoms with Gasteiger partial charge < -0.3 is 5.32 Å². The predicted molar refractivity (Wildman–Crippen MR) is 57.5 cm³/mol. The van der Waals surface area contributed by atoms with Gasteiger partial charge in [-0.05, 0) is 38.1 Å². The molecule has 0 amide bonds. The standard InChI is InChI=1S/C12H21N/c1-3-5-7-11-8-6-9-12(11)13-10-4-2/h1,11-13H,4-10H2,2H3. The Bertz CT molecular complexity index is 168. The van der Waals surface area contributed by atoms with E-state index in [1.54, 1.807) is 0 Å². The number of nitrogens with one attached hydrogen (secondary N) is 1. The summed E-state index contributed by atoms with van der Waals surface area (Å²) < 4.78 is 0. The van der Waals surface area contributed by atoms with Crippen molar-refractivity contribution in [1.29, 1.82) is 0 Å². The molecular weight excluding hydrogens is 158 g/mol. The topological polar surface area (TPSA) is 12.0 Å². The number of rotatable bonds is 5. The van der Waals surface area contributed by atoms with E-state index >= 15 is 0 Å². The number of hydrogen-bond acceptors (Lipinski definition) is 1. The fourth-order valence-corrected chi connectivity index (χ4v) is 2.25. The zero-order chi connectivity index (χ0) is 9.52. The molecule has 0 saturated heterocycles. The van der Waals surface area contributed by atoms with Gasteiger partial charge in [-0.15, -0.1) is 12.3 Å². The third-order valence-corrected chi connectivity index (χ3v) is 2.98. The van der Waals surface area contributed by atoms with Crippen LogP contribution in [-0.4, -0.2) is 12.6 Å². The van der Waals surface area contributed by atoms with E-state index < -0.39 is 0 Å². The van der Waals surface area contributed by atoms with Crippen LogP contribution >= 0.6 is 0 Å². The Kier molecular flexibility index (Phi) is 4.93. The minimum Gasteiger partial charge on any atom is -0.314 e. The molecule has 1 nitrogen and oxygen atoms in total. The highest BCUT2D eigenvalue weighted by Crippen LogP contribution is 2.29. The number of hydrogen-bond donors (Lipinski definition) is 1. The molecule has 0 aromatic carbocycles. The van der Waals surface area contributed by atoms with Crippen molar-refractivity contribution in [2.24, 2.45) is 5.92 Å². The first-order chi connectivity index (χ1) is 6.38. The largest absolute Gasteiger partial charge is 0.314 e. The lowest BCUT2D eigenvalue weighted by atomic mass is 9.98. The van der Waals surface area contributed by atoms with Crippen LogP contribution in [0.1, 0.15) is 45.4 Å². The Labute approximate surface area is 82.3 Å². The van der Waals surface area contributed by atoms with Gasteiger partial charge in [0.05, 0.1) is 0 Å². The molecule has 0 aliphatic heterocycles. The Morgan fingerprint density at radius 3 is 3.00 bits per heavy atom. The second kappa shape index (κ2) is 6.05. The van der Waals surface area contributed by atoms with E-state index in [1.165, 1.54) is 32.1 Å². The highest BCUT2D eigenvalue weighted by molar-refractivity contribution is 4.89. The van der Waals surface area contributed by atoms with E-state index in [4.69, 9.17) is 6.42 Å². The van der Waals surface area contributed by atoms with Gasteiger partial charge in [-0.1, -0.05) is 13.3 Å². The maximum atomic E-state index is 5.28. The molecular formula is C12H21N. The second-order valence-corrected chi connectivity index (χ2v) is 3.99. The SMILES string of the molecule is C#CCCC1CCCC1NCCC. The van der Waals surface area contributed by atoms with Gasteiger partial charge in [0.25, 0.3) is 0 Å². The van der Waals surface area contributed by atoms with Crippen LogP contribution in [0.4, 0.5) is 0 Å². The second-order valence-electron chi connectivity index (χ2n) is 3.99. The first-order valence-corrected chi connectivity index (χ1v) is 5.55. The summed E-state index contributed by atoms with van der Waals surface area (Å²) in [6, 6.07) is 0.758. The Balaban J connectivity index is 2.23. The van der Waals surface area contributed by atoms with Crippen LogP contribution in [-0.2, 0) is 0 Å². The van der Waals surface area contributed by atoms with Gasteiger partial charge in [0.15, 0.2) is 0 Å². The molecule has 0 heterocycles. The Morgan fingerprint density at radius 2 is 2.31 bits per heavy atom. The van der Waals surface area contributed by atoms with Crippen LogP contribution < -0.4 is 5.32 Å². The van der Waals surface area contributed by atoms with Crippen molar-refractivity contribution in [2.75, 3.05) is 6.54 Å². The molecule has 1 N–H and O–H groups in total. The van der Waals surface area contributed by atoms with Gasteiger partial charge >= 0.3 is 0 Å². The zero-order valence-electron chi connectivity index (χ0n) is 8.68. The van der Waals surface area contributed by atoms with Gasteiger partial charge in [-0.3, -0.25) is 0 Å². The Hall–Kier alpha value is -0.480. The molecule has 0 radical (unpaired) electrons. The van der Waals surface area contributed by atoms with Crippen molar-refractivity contribution in [3.05, 3.63) is 0 Å². The van der Waals surface area contributed by atoms with Crippen molar-refractivity contribution >= 4 is 0 Å². The number of terminal acetylenes is 1. The summed E-state index contributed by atoms with van der Waals surface area (Å²) in [5, 5.41) is 3.62. The summed E-state index contributed by atoms with van der Waals surface area (Å²) in [5.74, 6) is 3.59. The van der Waals surface area contributed by atoms with Gasteiger partial charge in [0.2, 0.25) is 0 Å². The molecule has 13 heavy (non-hydrogen) atoms. The molecule has 2 atom stereocenters. The van der Waals surface area contributed by atoms with Crippen molar-refractivity contribution < 1.29 is 0 Å². The molecule has 0 bridgehead atoms. The molecule has 1 aliphatic rings. The molecule has 0 aromatic rings. The summed E-state index contributed by atoms with van der Waals surface area (Å²) in [7, 11) is 0. The van der Waals surface area contributed by atoms with E-state index in [-0.39, 0.29) is 0 Å². The van der Waals surface area contributed by atoms with Gasteiger partial charge in [-0.25, -0.2) is 0 Å². The average Bonchev–Trinajstić information content (AvgIpc) is 2.59. The molecule has 1 rings (SSSR count). The fraction of sp³-hybridized carbons (Fsp3) is 0.833. The summed E-state index contributed by atoms with van der Waals surface area (Å²) in [4.78, 5) is 0. The van der Waals surface area contributed by atoms with Crippen LogP contribution in [0.5, 0.6) is 0 Å². The lowest BCUT2D eigenvalue weighted by molar-refractivity contribution is 0.383. The molecule has 0 spiro atoms. The minimum atomic E-state index is 0.758. The van der Waals surface area contributed by atoms with Crippen LogP contribution in [0, 0.1) is 18.3 Å². The Morgan fingerprint density at radius 1 is 1.46 bits per heavy atom. The van der Waals surface area contributed by atoms with Gasteiger partial charge in [0.1, 0.15) is 0 Å². The third kappa shape index (κ3) is 3.40. The lowest BCUT2D eigenvalue weighted by Crippen LogP contribution is -2.32. The van der Waals surface area contributed by atoms with Crippen molar-refractivity contribution in [3.8, 4) is 12.3 Å². The summed E-state index contributed by atoms with van der Waals surface area (Å²) in [6.45, 7) is 3.38. The van der Waals surface area contributed by atoms with E-state index in [2.05, 4.69) is 18.2 Å². The lowest BCUT2D eigenvalue weighted by Gasteiger charge is -2.19. The first-order valence-electron chi connectivity index (χ1n) is 5.55. The van der Waals surface area contributed by atoms with Gasteiger partial charge in [-0.2, -0.15) is 0 Å². The molecule has 2 unspecified atom stereocenters. The van der Waals surface area contributed by atoms with E-state index in [1.807, 2.05) is 0 Å². The molecule has 74 valence electrons. The monoisotopic (exact) mass is 179 g/mol. The van der Waals surface area contributed by atoms with Crippen LogP contribution in [0.3, 0.4) is 0 Å². The normalized spacial score (nSPS) is 27.4. The molecule has 1 aliphatic carbocycles. The van der Waals surface area contributed by atoms with Crippen molar-refractivity contribution in [3.63, 3.8) is 0 Å². The van der Waals surface area contributed by atoms with Crippen LogP contribution in [0.2, 0.25) is 0 Å². The van der Waals surface area contributed by atoms with E-state index in [0.29, 0.717) is 0 Å². The molecule has 1 fully saturated rings. The average molecular weight is 179 g/mol. The smallest absolute Gasteiger partial charge is 0.00956 e. The maximum absolute atomic E-state index is 5.28.